The predicted molar refractivity (Wildman–Crippen MR) is 162 cm³/mol. The van der Waals surface area contributed by atoms with E-state index in [0.717, 1.165) is 30.6 Å². The van der Waals surface area contributed by atoms with Crippen molar-refractivity contribution in [2.75, 3.05) is 24.7 Å². The fourth-order valence-corrected chi connectivity index (χ4v) is 5.79. The molecular weight excluding hydrogens is 556 g/mol. The van der Waals surface area contributed by atoms with Gasteiger partial charge in [-0.2, -0.15) is 0 Å². The number of anilines is 1. The van der Waals surface area contributed by atoms with Crippen molar-refractivity contribution in [1.82, 2.24) is 4.98 Å². The molecule has 10 heteroatoms. The lowest BCUT2D eigenvalue weighted by molar-refractivity contribution is -0.132. The molecule has 42 heavy (non-hydrogen) atoms. The average molecular weight is 593 g/mol. The van der Waals surface area contributed by atoms with Gasteiger partial charge in [0.2, 0.25) is 0 Å². The molecule has 0 saturated carbocycles. The van der Waals surface area contributed by atoms with Crippen molar-refractivity contribution in [3.63, 3.8) is 0 Å². The number of rotatable bonds is 13. The summed E-state index contributed by atoms with van der Waals surface area (Å²) in [6, 6.07) is 10.8. The number of aryl methyl sites for hydroxylation is 1. The van der Waals surface area contributed by atoms with Crippen molar-refractivity contribution in [2.24, 2.45) is 0 Å². The van der Waals surface area contributed by atoms with E-state index < -0.39 is 17.7 Å². The van der Waals surface area contributed by atoms with Gasteiger partial charge in [0.25, 0.3) is 5.78 Å². The van der Waals surface area contributed by atoms with Crippen LogP contribution >= 0.6 is 11.3 Å². The molecular formula is C32H36N2O7S. The normalized spacial score (nSPS) is 16.1. The molecule has 1 aliphatic rings. The molecule has 1 N–H and O–H groups in total. The lowest BCUT2D eigenvalue weighted by atomic mass is 9.95. The highest BCUT2D eigenvalue weighted by Gasteiger charge is 2.48. The quantitative estimate of drug-likeness (QED) is 0.0772. The van der Waals surface area contributed by atoms with Gasteiger partial charge in [0.05, 0.1) is 42.0 Å². The summed E-state index contributed by atoms with van der Waals surface area (Å²) in [7, 11) is 0. The lowest BCUT2D eigenvalue weighted by Crippen LogP contribution is -2.29. The first-order valence-corrected chi connectivity index (χ1v) is 14.9. The average Bonchev–Trinajstić information content (AvgIpc) is 3.48. The monoisotopic (exact) mass is 592 g/mol. The van der Waals surface area contributed by atoms with Crippen molar-refractivity contribution < 1.29 is 33.7 Å². The molecule has 1 unspecified atom stereocenters. The molecule has 2 heterocycles. The maximum absolute atomic E-state index is 13.6. The maximum atomic E-state index is 13.6. The number of aliphatic hydroxyl groups excluding tert-OH is 1. The van der Waals surface area contributed by atoms with Crippen molar-refractivity contribution in [3.05, 3.63) is 69.7 Å². The van der Waals surface area contributed by atoms with Gasteiger partial charge in [-0.15, -0.1) is 0 Å². The fraction of sp³-hybridized carbons (Fsp3) is 0.375. The van der Waals surface area contributed by atoms with Crippen LogP contribution in [0.2, 0.25) is 0 Å². The van der Waals surface area contributed by atoms with Crippen LogP contribution in [0, 0.1) is 6.92 Å². The molecule has 4 rings (SSSR count). The highest BCUT2D eigenvalue weighted by atomic mass is 32.1. The number of Topliss-reactive ketones (excluding diaryl/α,β-unsaturated/α-hetero) is 2. The molecule has 0 radical (unpaired) electrons. The number of nitrogens with zero attached hydrogens (tertiary/aromatic N) is 2. The Balaban J connectivity index is 1.87. The number of hydrogen-bond acceptors (Lipinski definition) is 9. The number of ether oxygens (including phenoxy) is 3. The number of carbonyl (C=O) groups excluding carboxylic acids is 3. The number of ketones is 2. The van der Waals surface area contributed by atoms with Crippen molar-refractivity contribution in [3.8, 4) is 17.2 Å². The van der Waals surface area contributed by atoms with E-state index in [1.54, 1.807) is 49.4 Å². The highest BCUT2D eigenvalue weighted by Crippen LogP contribution is 2.45. The van der Waals surface area contributed by atoms with Gasteiger partial charge in [-0.25, -0.2) is 4.98 Å². The summed E-state index contributed by atoms with van der Waals surface area (Å²) in [5.74, 6) is -0.626. The van der Waals surface area contributed by atoms with Crippen molar-refractivity contribution in [1.29, 1.82) is 0 Å². The molecule has 9 nitrogen and oxygen atoms in total. The SMILES string of the molecule is CCCCCOc1ccc(C2/C(=C(\O)c3ccc(OCC)cc3)C(=O)C(=O)N2c2nc(C)c(C(C)=O)s2)cc1OCC. The van der Waals surface area contributed by atoms with E-state index in [1.807, 2.05) is 13.8 Å². The van der Waals surface area contributed by atoms with E-state index >= 15 is 0 Å². The van der Waals surface area contributed by atoms with Crippen LogP contribution in [-0.4, -0.2) is 47.4 Å². The Bertz CT molecular complexity index is 1490. The first-order valence-electron chi connectivity index (χ1n) is 14.1. The number of benzene rings is 2. The Kier molecular flexibility index (Phi) is 10.0. The van der Waals surface area contributed by atoms with Gasteiger partial charge in [-0.1, -0.05) is 37.2 Å². The van der Waals surface area contributed by atoms with Crippen molar-refractivity contribution in [2.45, 2.75) is 59.9 Å². The zero-order chi connectivity index (χ0) is 30.4. The number of thiazole rings is 1. The number of amides is 1. The van der Waals surface area contributed by atoms with Crippen LogP contribution in [0.4, 0.5) is 5.13 Å². The van der Waals surface area contributed by atoms with E-state index in [4.69, 9.17) is 14.2 Å². The summed E-state index contributed by atoms with van der Waals surface area (Å²) in [6.45, 7) is 10.3. The second-order valence-corrected chi connectivity index (χ2v) is 10.8. The fourth-order valence-electron chi connectivity index (χ4n) is 4.80. The Morgan fingerprint density at radius 2 is 1.69 bits per heavy atom. The summed E-state index contributed by atoms with van der Waals surface area (Å²) in [5, 5.41) is 11.7. The molecule has 0 bridgehead atoms. The van der Waals surface area contributed by atoms with E-state index in [0.29, 0.717) is 58.8 Å². The van der Waals surface area contributed by atoms with Crippen LogP contribution in [0.1, 0.15) is 79.5 Å². The summed E-state index contributed by atoms with van der Waals surface area (Å²) < 4.78 is 17.4. The Morgan fingerprint density at radius 3 is 2.31 bits per heavy atom. The van der Waals surface area contributed by atoms with E-state index in [-0.39, 0.29) is 22.2 Å². The molecule has 2 aromatic carbocycles. The van der Waals surface area contributed by atoms with Crippen LogP contribution in [0.3, 0.4) is 0 Å². The first-order chi connectivity index (χ1) is 20.2. The summed E-state index contributed by atoms with van der Waals surface area (Å²) in [6.07, 6.45) is 3.00. The van der Waals surface area contributed by atoms with Crippen molar-refractivity contribution >= 4 is 39.7 Å². The molecule has 1 atom stereocenters. The smallest absolute Gasteiger partial charge is 0.301 e. The maximum Gasteiger partial charge on any atom is 0.301 e. The third-order valence-electron chi connectivity index (χ3n) is 6.78. The molecule has 1 amide bonds. The minimum absolute atomic E-state index is 0.0968. The van der Waals surface area contributed by atoms with Crippen LogP contribution < -0.4 is 19.1 Å². The molecule has 1 fully saturated rings. The molecule has 0 spiro atoms. The number of unbranched alkanes of at least 4 members (excludes halogenated alkanes) is 2. The third kappa shape index (κ3) is 6.33. The van der Waals surface area contributed by atoms with E-state index in [9.17, 15) is 19.5 Å². The second kappa shape index (κ2) is 13.7. The topological polar surface area (TPSA) is 115 Å². The molecule has 0 aliphatic carbocycles. The van der Waals surface area contributed by atoms with Gasteiger partial charge in [0.1, 0.15) is 11.5 Å². The van der Waals surface area contributed by atoms with Gasteiger partial charge in [0, 0.05) is 12.5 Å². The standard InChI is InChI=1S/C32H36N2O7S/c1-6-9-10-17-41-24-16-13-22(18-25(24)40-8-3)27-26(28(36)21-11-14-23(15-12-21)39-7-2)29(37)31(38)34(27)32-33-19(4)30(42-32)20(5)35/h11-16,18,27,36H,6-10,17H2,1-5H3/b28-26+. The van der Waals surface area contributed by atoms with E-state index in [1.165, 1.54) is 11.8 Å². The van der Waals surface area contributed by atoms with Gasteiger partial charge in [0.15, 0.2) is 22.4 Å². The third-order valence-corrected chi connectivity index (χ3v) is 8.04. The molecule has 1 aliphatic heterocycles. The van der Waals surface area contributed by atoms with Crippen LogP contribution in [0.5, 0.6) is 17.2 Å². The van der Waals surface area contributed by atoms with Crippen LogP contribution in [0.25, 0.3) is 5.76 Å². The van der Waals surface area contributed by atoms with Gasteiger partial charge >= 0.3 is 5.91 Å². The molecule has 3 aromatic rings. The molecule has 1 saturated heterocycles. The number of aliphatic hydroxyl groups is 1. The first kappa shape index (κ1) is 30.8. The summed E-state index contributed by atoms with van der Waals surface area (Å²) >= 11 is 1.03. The van der Waals surface area contributed by atoms with E-state index in [2.05, 4.69) is 11.9 Å². The minimum atomic E-state index is -1.03. The summed E-state index contributed by atoms with van der Waals surface area (Å²) in [5.41, 5.74) is 1.23. The largest absolute Gasteiger partial charge is 0.507 e. The zero-order valence-electron chi connectivity index (χ0n) is 24.6. The number of aromatic nitrogens is 1. The van der Waals surface area contributed by atoms with Crippen LogP contribution in [-0.2, 0) is 9.59 Å². The molecule has 222 valence electrons. The Labute approximate surface area is 249 Å². The minimum Gasteiger partial charge on any atom is -0.507 e. The Morgan fingerprint density at radius 1 is 0.976 bits per heavy atom. The summed E-state index contributed by atoms with van der Waals surface area (Å²) in [4.78, 5) is 45.5. The predicted octanol–water partition coefficient (Wildman–Crippen LogP) is 6.65. The lowest BCUT2D eigenvalue weighted by Gasteiger charge is -2.24. The van der Waals surface area contributed by atoms with Crippen LogP contribution in [0.15, 0.2) is 48.0 Å². The van der Waals surface area contributed by atoms with Gasteiger partial charge in [-0.05, 0) is 69.2 Å². The Hall–Kier alpha value is -4.18. The number of hydrogen-bond donors (Lipinski definition) is 1. The van der Waals surface area contributed by atoms with Gasteiger partial charge < -0.3 is 19.3 Å². The van der Waals surface area contributed by atoms with Gasteiger partial charge in [-0.3, -0.25) is 19.3 Å². The molecule has 1 aromatic heterocycles. The zero-order valence-corrected chi connectivity index (χ0v) is 25.4. The second-order valence-electron chi connectivity index (χ2n) is 9.79. The number of carbonyl (C=O) groups is 3. The highest BCUT2D eigenvalue weighted by molar-refractivity contribution is 7.18.